The minimum Gasteiger partial charge on any atom is -0.359 e. The minimum atomic E-state index is -0.0913. The van der Waals surface area contributed by atoms with E-state index in [1.165, 1.54) is 0 Å². The number of aromatic nitrogens is 2. The number of carbonyl (C=O) groups is 1. The Morgan fingerprint density at radius 3 is 2.83 bits per heavy atom. The molecule has 2 heterocycles. The van der Waals surface area contributed by atoms with E-state index in [2.05, 4.69) is 15.5 Å². The summed E-state index contributed by atoms with van der Waals surface area (Å²) >= 11 is 0. The zero-order valence-electron chi connectivity index (χ0n) is 13.2. The predicted molar refractivity (Wildman–Crippen MR) is 85.0 cm³/mol. The first kappa shape index (κ1) is 14.2. The molecule has 2 aromatic rings. The smallest absolute Gasteiger partial charge is 0.322 e. The summed E-state index contributed by atoms with van der Waals surface area (Å²) in [6, 6.07) is 5.99. The van der Waals surface area contributed by atoms with Gasteiger partial charge in [0.1, 0.15) is 11.4 Å². The number of nitrogens with zero attached hydrogens (tertiary/aromatic N) is 3. The first-order valence-corrected chi connectivity index (χ1v) is 8.16. The Bertz CT molecular complexity index is 705. The zero-order valence-corrected chi connectivity index (χ0v) is 13.2. The van der Waals surface area contributed by atoms with Crippen molar-refractivity contribution in [1.29, 1.82) is 0 Å². The molecule has 4 rings (SSSR count). The molecule has 0 aliphatic heterocycles. The number of hydrogen-bond donors (Lipinski definition) is 1. The third kappa shape index (κ3) is 3.06. The summed E-state index contributed by atoms with van der Waals surface area (Å²) in [7, 11) is 0. The third-order valence-corrected chi connectivity index (χ3v) is 4.38. The average molecular weight is 312 g/mol. The molecule has 0 saturated heterocycles. The van der Waals surface area contributed by atoms with Crippen LogP contribution in [0.2, 0.25) is 0 Å². The van der Waals surface area contributed by atoms with Crippen LogP contribution in [0, 0.1) is 6.92 Å². The fourth-order valence-electron chi connectivity index (χ4n) is 2.76. The number of rotatable bonds is 5. The summed E-state index contributed by atoms with van der Waals surface area (Å²) in [4.78, 5) is 19.0. The van der Waals surface area contributed by atoms with E-state index >= 15 is 0 Å². The number of nitrogens with one attached hydrogen (secondary N) is 1. The van der Waals surface area contributed by atoms with Crippen molar-refractivity contribution in [1.82, 2.24) is 15.0 Å². The highest BCUT2D eigenvalue weighted by Crippen LogP contribution is 2.44. The van der Waals surface area contributed by atoms with Gasteiger partial charge in [0.25, 0.3) is 0 Å². The van der Waals surface area contributed by atoms with Crippen molar-refractivity contribution in [3.05, 3.63) is 41.5 Å². The topological polar surface area (TPSA) is 71.3 Å². The minimum absolute atomic E-state index is 0.0913. The Labute approximate surface area is 134 Å². The molecule has 120 valence electrons. The van der Waals surface area contributed by atoms with Crippen LogP contribution in [-0.2, 0) is 6.54 Å². The van der Waals surface area contributed by atoms with Crippen LogP contribution in [0.1, 0.15) is 48.7 Å². The van der Waals surface area contributed by atoms with Crippen molar-refractivity contribution >= 4 is 11.7 Å². The lowest BCUT2D eigenvalue weighted by atomic mass is 10.2. The second-order valence-corrected chi connectivity index (χ2v) is 6.39. The third-order valence-electron chi connectivity index (χ3n) is 4.38. The Kier molecular flexibility index (Phi) is 3.52. The van der Waals surface area contributed by atoms with Crippen LogP contribution in [-0.4, -0.2) is 27.1 Å². The molecule has 2 fully saturated rings. The van der Waals surface area contributed by atoms with Crippen molar-refractivity contribution in [2.75, 3.05) is 5.32 Å². The van der Waals surface area contributed by atoms with Crippen LogP contribution in [0.25, 0.3) is 0 Å². The molecule has 0 radical (unpaired) electrons. The molecule has 1 N–H and O–H groups in total. The summed E-state index contributed by atoms with van der Waals surface area (Å²) in [5.74, 6) is 1.24. The monoisotopic (exact) mass is 312 g/mol. The quantitative estimate of drug-likeness (QED) is 0.918. The normalized spacial score (nSPS) is 17.1. The molecule has 6 heteroatoms. The van der Waals surface area contributed by atoms with Gasteiger partial charge in [-0.05, 0) is 44.7 Å². The Morgan fingerprint density at radius 2 is 2.17 bits per heavy atom. The lowest BCUT2D eigenvalue weighted by Crippen LogP contribution is -2.36. The van der Waals surface area contributed by atoms with E-state index in [9.17, 15) is 4.79 Å². The molecule has 2 aliphatic carbocycles. The van der Waals surface area contributed by atoms with E-state index in [0.717, 1.165) is 48.5 Å². The van der Waals surface area contributed by atoms with E-state index in [4.69, 9.17) is 4.52 Å². The summed E-state index contributed by atoms with van der Waals surface area (Å²) in [5.41, 5.74) is 2.40. The molecule has 2 saturated carbocycles. The second-order valence-electron chi connectivity index (χ2n) is 6.39. The van der Waals surface area contributed by atoms with Gasteiger partial charge in [0.05, 0.1) is 12.2 Å². The summed E-state index contributed by atoms with van der Waals surface area (Å²) in [6.07, 6.45) is 6.08. The zero-order chi connectivity index (χ0) is 15.8. The predicted octanol–water partition coefficient (Wildman–Crippen LogP) is 3.45. The van der Waals surface area contributed by atoms with Gasteiger partial charge in [-0.1, -0.05) is 11.2 Å². The number of amides is 2. The standard InChI is InChI=1S/C17H20N4O2/c1-11-15(16(23-20-11)12-5-6-12)19-17(22)21(14-7-8-14)10-13-4-2-3-9-18-13/h2-4,9,12,14H,5-8,10H2,1H3,(H,19,22). The van der Waals surface area contributed by atoms with Crippen molar-refractivity contribution in [3.63, 3.8) is 0 Å². The number of urea groups is 1. The average Bonchev–Trinajstić information content (AvgIpc) is 3.46. The van der Waals surface area contributed by atoms with Crippen LogP contribution in [0.5, 0.6) is 0 Å². The molecular weight excluding hydrogens is 292 g/mol. The number of aryl methyl sites for hydroxylation is 1. The van der Waals surface area contributed by atoms with Crippen LogP contribution in [0.4, 0.5) is 10.5 Å². The fourth-order valence-corrected chi connectivity index (χ4v) is 2.76. The van der Waals surface area contributed by atoms with Crippen molar-refractivity contribution in [2.45, 2.75) is 51.1 Å². The summed E-state index contributed by atoms with van der Waals surface area (Å²) in [5, 5.41) is 7.04. The number of pyridine rings is 1. The lowest BCUT2D eigenvalue weighted by Gasteiger charge is -2.22. The van der Waals surface area contributed by atoms with Gasteiger partial charge < -0.3 is 14.7 Å². The molecule has 0 spiro atoms. The van der Waals surface area contributed by atoms with Crippen molar-refractivity contribution in [2.24, 2.45) is 0 Å². The Morgan fingerprint density at radius 1 is 1.35 bits per heavy atom. The molecule has 0 atom stereocenters. The van der Waals surface area contributed by atoms with E-state index in [1.54, 1.807) is 6.20 Å². The fraction of sp³-hybridized carbons (Fsp3) is 0.471. The number of carbonyl (C=O) groups excluding carboxylic acids is 1. The van der Waals surface area contributed by atoms with Gasteiger partial charge in [-0.3, -0.25) is 4.98 Å². The highest BCUT2D eigenvalue weighted by molar-refractivity contribution is 5.91. The Hall–Kier alpha value is -2.37. The SMILES string of the molecule is Cc1noc(C2CC2)c1NC(=O)N(Cc1ccccn1)C1CC1. The molecule has 0 aromatic carbocycles. The van der Waals surface area contributed by atoms with E-state index in [-0.39, 0.29) is 6.03 Å². The van der Waals surface area contributed by atoms with Crippen LogP contribution >= 0.6 is 0 Å². The van der Waals surface area contributed by atoms with Gasteiger partial charge in [-0.15, -0.1) is 0 Å². The Balaban J connectivity index is 1.51. The highest BCUT2D eigenvalue weighted by Gasteiger charge is 2.36. The molecule has 23 heavy (non-hydrogen) atoms. The molecule has 6 nitrogen and oxygen atoms in total. The van der Waals surface area contributed by atoms with E-state index in [0.29, 0.717) is 18.5 Å². The molecule has 0 unspecified atom stereocenters. The maximum Gasteiger partial charge on any atom is 0.322 e. The van der Waals surface area contributed by atoms with Gasteiger partial charge in [0.2, 0.25) is 0 Å². The van der Waals surface area contributed by atoms with Gasteiger partial charge in [-0.2, -0.15) is 0 Å². The van der Waals surface area contributed by atoms with Crippen molar-refractivity contribution in [3.8, 4) is 0 Å². The lowest BCUT2D eigenvalue weighted by molar-refractivity contribution is 0.205. The molecule has 2 aromatic heterocycles. The summed E-state index contributed by atoms with van der Waals surface area (Å²) in [6.45, 7) is 2.39. The molecule has 0 bridgehead atoms. The van der Waals surface area contributed by atoms with Crippen LogP contribution in [0.15, 0.2) is 28.9 Å². The van der Waals surface area contributed by atoms with Crippen molar-refractivity contribution < 1.29 is 9.32 Å². The largest absolute Gasteiger partial charge is 0.359 e. The van der Waals surface area contributed by atoms with Gasteiger partial charge in [0.15, 0.2) is 5.76 Å². The maximum atomic E-state index is 12.8. The van der Waals surface area contributed by atoms with Crippen LogP contribution in [0.3, 0.4) is 0 Å². The molecule has 2 aliphatic rings. The number of anilines is 1. The highest BCUT2D eigenvalue weighted by atomic mass is 16.5. The van der Waals surface area contributed by atoms with Gasteiger partial charge >= 0.3 is 6.03 Å². The van der Waals surface area contributed by atoms with Gasteiger partial charge in [0, 0.05) is 18.2 Å². The second kappa shape index (κ2) is 5.68. The molecular formula is C17H20N4O2. The van der Waals surface area contributed by atoms with Gasteiger partial charge in [-0.25, -0.2) is 4.79 Å². The first-order valence-electron chi connectivity index (χ1n) is 8.16. The van der Waals surface area contributed by atoms with Crippen LogP contribution < -0.4 is 5.32 Å². The van der Waals surface area contributed by atoms with E-state index in [1.807, 2.05) is 30.0 Å². The molecule has 2 amide bonds. The maximum absolute atomic E-state index is 12.8. The van der Waals surface area contributed by atoms with E-state index < -0.39 is 0 Å². The number of hydrogen-bond acceptors (Lipinski definition) is 4. The first-order chi connectivity index (χ1) is 11.2. The summed E-state index contributed by atoms with van der Waals surface area (Å²) < 4.78 is 5.40.